The van der Waals surface area contributed by atoms with Crippen LogP contribution >= 0.6 is 0 Å². The molecule has 0 radical (unpaired) electrons. The third-order valence-corrected chi connectivity index (χ3v) is 6.02. The zero-order chi connectivity index (χ0) is 11.6. The van der Waals surface area contributed by atoms with Gasteiger partial charge in [-0.25, -0.2) is 12.7 Å². The molecule has 0 aromatic carbocycles. The van der Waals surface area contributed by atoms with Crippen LogP contribution in [0.5, 0.6) is 0 Å². The molecular formula is C11H22N2O2S. The lowest BCUT2D eigenvalue weighted by Crippen LogP contribution is -2.40. The first kappa shape index (κ1) is 12.3. The van der Waals surface area contributed by atoms with Gasteiger partial charge < -0.3 is 5.32 Å². The summed E-state index contributed by atoms with van der Waals surface area (Å²) in [5.74, 6) is 0.551. The van der Waals surface area contributed by atoms with Crippen LogP contribution in [0, 0.1) is 5.92 Å². The maximum absolute atomic E-state index is 12.1. The fraction of sp³-hybridized carbons (Fsp3) is 1.00. The molecule has 1 saturated carbocycles. The van der Waals surface area contributed by atoms with E-state index in [0.29, 0.717) is 12.5 Å². The average Bonchev–Trinajstić information content (AvgIpc) is 3.11. The molecule has 1 aliphatic carbocycles. The summed E-state index contributed by atoms with van der Waals surface area (Å²) >= 11 is 0. The molecule has 16 heavy (non-hydrogen) atoms. The molecule has 2 rings (SSSR count). The topological polar surface area (TPSA) is 49.4 Å². The van der Waals surface area contributed by atoms with Crippen LogP contribution in [0.2, 0.25) is 0 Å². The summed E-state index contributed by atoms with van der Waals surface area (Å²) in [6.45, 7) is 5.37. The van der Waals surface area contributed by atoms with Gasteiger partial charge in [-0.3, -0.25) is 0 Å². The van der Waals surface area contributed by atoms with E-state index in [-0.39, 0.29) is 5.25 Å². The van der Waals surface area contributed by atoms with Gasteiger partial charge >= 0.3 is 0 Å². The maximum atomic E-state index is 12.1. The van der Waals surface area contributed by atoms with Crippen molar-refractivity contribution < 1.29 is 8.42 Å². The van der Waals surface area contributed by atoms with Crippen LogP contribution in [-0.2, 0) is 10.0 Å². The van der Waals surface area contributed by atoms with Crippen molar-refractivity contribution in [1.29, 1.82) is 0 Å². The van der Waals surface area contributed by atoms with Gasteiger partial charge in [0.25, 0.3) is 0 Å². The molecule has 1 aliphatic heterocycles. The highest BCUT2D eigenvalue weighted by molar-refractivity contribution is 7.90. The van der Waals surface area contributed by atoms with Crippen LogP contribution in [-0.4, -0.2) is 44.2 Å². The second-order valence-corrected chi connectivity index (χ2v) is 7.10. The molecule has 1 saturated heterocycles. The second kappa shape index (κ2) is 5.02. The number of nitrogens with zero attached hydrogens (tertiary/aromatic N) is 1. The van der Waals surface area contributed by atoms with Crippen molar-refractivity contribution in [2.24, 2.45) is 5.92 Å². The lowest BCUT2D eigenvalue weighted by molar-refractivity contribution is 0.294. The summed E-state index contributed by atoms with van der Waals surface area (Å²) in [6, 6.07) is 0. The third kappa shape index (κ3) is 2.76. The predicted octanol–water partition coefficient (Wildman–Crippen LogP) is 0.800. The molecule has 0 amide bonds. The van der Waals surface area contributed by atoms with Gasteiger partial charge in [0.1, 0.15) is 0 Å². The van der Waals surface area contributed by atoms with Crippen molar-refractivity contribution in [1.82, 2.24) is 9.62 Å². The third-order valence-electron chi connectivity index (χ3n) is 3.58. The highest BCUT2D eigenvalue weighted by Gasteiger charge is 2.40. The van der Waals surface area contributed by atoms with Crippen molar-refractivity contribution in [3.05, 3.63) is 0 Å². The lowest BCUT2D eigenvalue weighted by atomic mass is 9.98. The van der Waals surface area contributed by atoms with Gasteiger partial charge in [-0.1, -0.05) is 6.92 Å². The largest absolute Gasteiger partial charge is 0.317 e. The summed E-state index contributed by atoms with van der Waals surface area (Å²) in [5.41, 5.74) is 0. The summed E-state index contributed by atoms with van der Waals surface area (Å²) in [4.78, 5) is 0. The summed E-state index contributed by atoms with van der Waals surface area (Å²) < 4.78 is 25.9. The summed E-state index contributed by atoms with van der Waals surface area (Å²) in [7, 11) is -2.96. The maximum Gasteiger partial charge on any atom is 0.216 e. The first-order chi connectivity index (χ1) is 7.64. The Morgan fingerprint density at radius 3 is 2.31 bits per heavy atom. The van der Waals surface area contributed by atoms with E-state index in [4.69, 9.17) is 0 Å². The molecule has 0 spiro atoms. The van der Waals surface area contributed by atoms with E-state index in [0.717, 1.165) is 45.3 Å². The molecule has 0 atom stereocenters. The molecule has 0 bridgehead atoms. The molecule has 2 fully saturated rings. The van der Waals surface area contributed by atoms with E-state index in [9.17, 15) is 8.42 Å². The van der Waals surface area contributed by atoms with Crippen LogP contribution in [0.1, 0.15) is 32.6 Å². The van der Waals surface area contributed by atoms with E-state index in [1.54, 1.807) is 4.31 Å². The molecule has 1 N–H and O–H groups in total. The average molecular weight is 246 g/mol. The molecule has 1 heterocycles. The van der Waals surface area contributed by atoms with Crippen LogP contribution in [0.3, 0.4) is 0 Å². The molecule has 5 heteroatoms. The molecule has 2 aliphatic rings. The Hall–Kier alpha value is -0.130. The Morgan fingerprint density at radius 1 is 1.19 bits per heavy atom. The van der Waals surface area contributed by atoms with Crippen molar-refractivity contribution in [2.45, 2.75) is 37.9 Å². The minimum absolute atomic E-state index is 0.0610. The zero-order valence-electron chi connectivity index (χ0n) is 9.98. The van der Waals surface area contributed by atoms with Crippen LogP contribution < -0.4 is 5.32 Å². The van der Waals surface area contributed by atoms with Gasteiger partial charge in [0.2, 0.25) is 10.0 Å². The van der Waals surface area contributed by atoms with Gasteiger partial charge in [0, 0.05) is 13.1 Å². The van der Waals surface area contributed by atoms with Gasteiger partial charge in [0.15, 0.2) is 0 Å². The summed E-state index contributed by atoms with van der Waals surface area (Å²) in [6.07, 6.45) is 3.95. The Morgan fingerprint density at radius 2 is 1.81 bits per heavy atom. The normalized spacial score (nSPS) is 23.9. The highest BCUT2D eigenvalue weighted by Crippen LogP contribution is 2.31. The van der Waals surface area contributed by atoms with Gasteiger partial charge in [-0.05, 0) is 44.7 Å². The Labute approximate surface area is 98.4 Å². The van der Waals surface area contributed by atoms with Crippen molar-refractivity contribution in [3.8, 4) is 0 Å². The standard InChI is InChI=1S/C11H22N2O2S/c1-2-13(16(14,15)11-3-4-11)9-10-5-7-12-8-6-10/h10-12H,2-9H2,1H3. The van der Waals surface area contributed by atoms with Crippen molar-refractivity contribution in [3.63, 3.8) is 0 Å². The first-order valence-electron chi connectivity index (χ1n) is 6.34. The highest BCUT2D eigenvalue weighted by atomic mass is 32.2. The molecule has 0 aromatic rings. The first-order valence-corrected chi connectivity index (χ1v) is 7.84. The quantitative estimate of drug-likeness (QED) is 0.780. The number of nitrogens with one attached hydrogen (secondary N) is 1. The van der Waals surface area contributed by atoms with E-state index in [1.165, 1.54) is 0 Å². The SMILES string of the molecule is CCN(CC1CCNCC1)S(=O)(=O)C1CC1. The lowest BCUT2D eigenvalue weighted by Gasteiger charge is -2.28. The smallest absolute Gasteiger partial charge is 0.216 e. The molecule has 94 valence electrons. The van der Waals surface area contributed by atoms with Gasteiger partial charge in [-0.2, -0.15) is 0 Å². The second-order valence-electron chi connectivity index (χ2n) is 4.89. The predicted molar refractivity (Wildman–Crippen MR) is 64.8 cm³/mol. The van der Waals surface area contributed by atoms with E-state index < -0.39 is 10.0 Å². The minimum atomic E-state index is -2.96. The Kier molecular flexibility index (Phi) is 3.87. The summed E-state index contributed by atoms with van der Waals surface area (Å²) in [5, 5.41) is 3.25. The van der Waals surface area contributed by atoms with Crippen LogP contribution in [0.4, 0.5) is 0 Å². The number of sulfonamides is 1. The molecule has 0 aromatic heterocycles. The van der Waals surface area contributed by atoms with Crippen molar-refractivity contribution in [2.75, 3.05) is 26.2 Å². The number of rotatable bonds is 5. The fourth-order valence-corrected chi connectivity index (χ4v) is 4.27. The molecule has 4 nitrogen and oxygen atoms in total. The monoisotopic (exact) mass is 246 g/mol. The minimum Gasteiger partial charge on any atom is -0.317 e. The van der Waals surface area contributed by atoms with Crippen LogP contribution in [0.25, 0.3) is 0 Å². The Balaban J connectivity index is 1.94. The fourth-order valence-electron chi connectivity index (χ4n) is 2.34. The number of hydrogen-bond donors (Lipinski definition) is 1. The van der Waals surface area contributed by atoms with E-state index >= 15 is 0 Å². The van der Waals surface area contributed by atoms with Crippen LogP contribution in [0.15, 0.2) is 0 Å². The number of piperidine rings is 1. The van der Waals surface area contributed by atoms with Gasteiger partial charge in [0.05, 0.1) is 5.25 Å². The van der Waals surface area contributed by atoms with E-state index in [1.807, 2.05) is 6.92 Å². The van der Waals surface area contributed by atoms with Crippen molar-refractivity contribution >= 4 is 10.0 Å². The van der Waals surface area contributed by atoms with Gasteiger partial charge in [-0.15, -0.1) is 0 Å². The number of hydrogen-bond acceptors (Lipinski definition) is 3. The molecular weight excluding hydrogens is 224 g/mol. The molecule has 0 unspecified atom stereocenters. The Bertz CT molecular complexity index is 319. The zero-order valence-corrected chi connectivity index (χ0v) is 10.8. The van der Waals surface area contributed by atoms with E-state index in [2.05, 4.69) is 5.32 Å².